The van der Waals surface area contributed by atoms with Gasteiger partial charge in [-0.2, -0.15) is 13.2 Å². The first kappa shape index (κ1) is 14.5. The topological polar surface area (TPSA) is 37.4 Å². The van der Waals surface area contributed by atoms with Crippen LogP contribution in [0.1, 0.15) is 0 Å². The Hall–Kier alpha value is -1.56. The van der Waals surface area contributed by atoms with Gasteiger partial charge in [-0.25, -0.2) is 0 Å². The summed E-state index contributed by atoms with van der Waals surface area (Å²) in [5.41, 5.74) is -0.00158. The minimum Gasteiger partial charge on any atom is -0.297 e. The number of hydrogen-bond donors (Lipinski definition) is 0. The van der Waals surface area contributed by atoms with Crippen molar-refractivity contribution in [2.75, 3.05) is 17.3 Å². The number of halogens is 4. The molecule has 0 atom stereocenters. The minimum absolute atomic E-state index is 0.00158. The Kier molecular flexibility index (Phi) is 4.72. The highest BCUT2D eigenvalue weighted by Gasteiger charge is 2.43. The molecule has 7 heteroatoms. The summed E-state index contributed by atoms with van der Waals surface area (Å²) >= 11 is 5.23. The van der Waals surface area contributed by atoms with Crippen LogP contribution in [0.2, 0.25) is 0 Å². The number of benzene rings is 1. The van der Waals surface area contributed by atoms with Gasteiger partial charge >= 0.3 is 12.1 Å². The van der Waals surface area contributed by atoms with Gasteiger partial charge in [0.25, 0.3) is 0 Å². The Morgan fingerprint density at radius 3 is 2.17 bits per heavy atom. The van der Waals surface area contributed by atoms with Gasteiger partial charge in [-0.05, 0) is 12.1 Å². The predicted molar refractivity (Wildman–Crippen MR) is 60.6 cm³/mol. The lowest BCUT2D eigenvalue weighted by molar-refractivity contribution is -0.170. The highest BCUT2D eigenvalue weighted by Crippen LogP contribution is 2.23. The molecule has 0 unspecified atom stereocenters. The molecule has 0 radical (unpaired) electrons. The first-order valence-corrected chi connectivity index (χ1v) is 5.41. The number of rotatable bonds is 4. The number of carbonyl (C=O) groups is 2. The summed E-state index contributed by atoms with van der Waals surface area (Å²) in [7, 11) is 0. The molecule has 0 fully saturated rings. The number of Topliss-reactive ketones (excluding diaryl/α,β-unsaturated/α-hetero) is 1. The van der Waals surface area contributed by atoms with E-state index in [9.17, 15) is 22.8 Å². The molecule has 0 saturated heterocycles. The zero-order chi connectivity index (χ0) is 13.8. The van der Waals surface area contributed by atoms with Crippen LogP contribution in [0.25, 0.3) is 0 Å². The van der Waals surface area contributed by atoms with E-state index >= 15 is 0 Å². The van der Waals surface area contributed by atoms with Crippen molar-refractivity contribution < 1.29 is 22.8 Å². The van der Waals surface area contributed by atoms with Crippen molar-refractivity contribution >= 4 is 29.0 Å². The summed E-state index contributed by atoms with van der Waals surface area (Å²) in [4.78, 5) is 22.7. The summed E-state index contributed by atoms with van der Waals surface area (Å²) in [5, 5.41) is 0. The van der Waals surface area contributed by atoms with E-state index in [1.165, 1.54) is 24.3 Å². The van der Waals surface area contributed by atoms with Gasteiger partial charge in [0.1, 0.15) is 0 Å². The predicted octanol–water partition coefficient (Wildman–Crippen LogP) is 2.39. The average molecular weight is 280 g/mol. The summed E-state index contributed by atoms with van der Waals surface area (Å²) in [6.07, 6.45) is -5.04. The standard InChI is InChI=1S/C11H9ClF3NO2/c12-6-9(17)7-16(10(18)11(13,14)15)8-4-2-1-3-5-8/h1-5H,6-7H2. The number of amides is 1. The van der Waals surface area contributed by atoms with Crippen LogP contribution in [0.4, 0.5) is 18.9 Å². The number of carbonyl (C=O) groups excluding carboxylic acids is 2. The number of para-hydroxylation sites is 1. The molecule has 0 heterocycles. The summed E-state index contributed by atoms with van der Waals surface area (Å²) in [6.45, 7) is -0.703. The second-order valence-electron chi connectivity index (χ2n) is 3.40. The number of anilines is 1. The van der Waals surface area contributed by atoms with Gasteiger partial charge in [0.15, 0.2) is 5.78 Å². The minimum atomic E-state index is -5.04. The van der Waals surface area contributed by atoms with Crippen LogP contribution in [-0.4, -0.2) is 30.3 Å². The molecule has 0 N–H and O–H groups in total. The van der Waals surface area contributed by atoms with Gasteiger partial charge < -0.3 is 0 Å². The highest BCUT2D eigenvalue weighted by molar-refractivity contribution is 6.28. The number of alkyl halides is 4. The first-order chi connectivity index (χ1) is 8.36. The van der Waals surface area contributed by atoms with Crippen LogP contribution in [-0.2, 0) is 9.59 Å². The lowest BCUT2D eigenvalue weighted by Gasteiger charge is -2.22. The molecule has 98 valence electrons. The smallest absolute Gasteiger partial charge is 0.297 e. The number of ketones is 1. The van der Waals surface area contributed by atoms with Crippen molar-refractivity contribution in [3.8, 4) is 0 Å². The Bertz CT molecular complexity index is 434. The SMILES string of the molecule is O=C(CCl)CN(C(=O)C(F)(F)F)c1ccccc1. The molecule has 18 heavy (non-hydrogen) atoms. The van der Waals surface area contributed by atoms with Crippen molar-refractivity contribution in [3.63, 3.8) is 0 Å². The van der Waals surface area contributed by atoms with Gasteiger partial charge in [0.05, 0.1) is 12.4 Å². The molecule has 1 aromatic carbocycles. The fourth-order valence-corrected chi connectivity index (χ4v) is 1.34. The van der Waals surface area contributed by atoms with Crippen molar-refractivity contribution in [2.45, 2.75) is 6.18 Å². The highest BCUT2D eigenvalue weighted by atomic mass is 35.5. The van der Waals surface area contributed by atoms with Gasteiger partial charge in [0, 0.05) is 5.69 Å². The van der Waals surface area contributed by atoms with E-state index in [1.807, 2.05) is 0 Å². The van der Waals surface area contributed by atoms with E-state index in [4.69, 9.17) is 11.6 Å². The van der Waals surface area contributed by atoms with Crippen LogP contribution in [0.15, 0.2) is 30.3 Å². The zero-order valence-electron chi connectivity index (χ0n) is 9.08. The molecule has 0 spiro atoms. The third-order valence-electron chi connectivity index (χ3n) is 2.04. The third-order valence-corrected chi connectivity index (χ3v) is 2.34. The van der Waals surface area contributed by atoms with Crippen LogP contribution in [0.5, 0.6) is 0 Å². The largest absolute Gasteiger partial charge is 0.471 e. The Balaban J connectivity index is 3.04. The molecule has 1 amide bonds. The molecular formula is C11H9ClF3NO2. The van der Waals surface area contributed by atoms with Crippen molar-refractivity contribution in [1.29, 1.82) is 0 Å². The molecule has 0 aromatic heterocycles. The molecule has 0 aliphatic heterocycles. The van der Waals surface area contributed by atoms with Gasteiger partial charge in [0.2, 0.25) is 0 Å². The Morgan fingerprint density at radius 2 is 1.72 bits per heavy atom. The van der Waals surface area contributed by atoms with Crippen molar-refractivity contribution in [1.82, 2.24) is 0 Å². The maximum Gasteiger partial charge on any atom is 0.471 e. The third kappa shape index (κ3) is 3.73. The molecular weight excluding hydrogens is 271 g/mol. The van der Waals surface area contributed by atoms with E-state index in [0.29, 0.717) is 4.90 Å². The zero-order valence-corrected chi connectivity index (χ0v) is 9.83. The Labute approximate surface area is 106 Å². The number of nitrogens with zero attached hydrogens (tertiary/aromatic N) is 1. The lowest BCUT2D eigenvalue weighted by atomic mass is 10.2. The van der Waals surface area contributed by atoms with Crippen molar-refractivity contribution in [3.05, 3.63) is 30.3 Å². The van der Waals surface area contributed by atoms with Gasteiger partial charge in [-0.3, -0.25) is 14.5 Å². The van der Waals surface area contributed by atoms with Crippen LogP contribution < -0.4 is 4.90 Å². The average Bonchev–Trinajstić information content (AvgIpc) is 2.34. The van der Waals surface area contributed by atoms with E-state index in [1.54, 1.807) is 6.07 Å². The monoisotopic (exact) mass is 279 g/mol. The van der Waals surface area contributed by atoms with E-state index in [-0.39, 0.29) is 5.69 Å². The lowest BCUT2D eigenvalue weighted by Crippen LogP contribution is -2.44. The summed E-state index contributed by atoms with van der Waals surface area (Å²) < 4.78 is 37.2. The van der Waals surface area contributed by atoms with Crippen molar-refractivity contribution in [2.24, 2.45) is 0 Å². The fraction of sp³-hybridized carbons (Fsp3) is 0.273. The molecule has 1 rings (SSSR count). The molecule has 1 aromatic rings. The summed E-state index contributed by atoms with van der Waals surface area (Å²) in [5.74, 6) is -3.21. The fourth-order valence-electron chi connectivity index (χ4n) is 1.26. The molecule has 0 saturated carbocycles. The maximum absolute atomic E-state index is 12.4. The van der Waals surface area contributed by atoms with E-state index in [2.05, 4.69) is 0 Å². The summed E-state index contributed by atoms with van der Waals surface area (Å²) in [6, 6.07) is 7.15. The van der Waals surface area contributed by atoms with Gasteiger partial charge in [-0.1, -0.05) is 18.2 Å². The normalized spacial score (nSPS) is 11.1. The maximum atomic E-state index is 12.4. The number of hydrogen-bond acceptors (Lipinski definition) is 2. The second-order valence-corrected chi connectivity index (χ2v) is 3.66. The van der Waals surface area contributed by atoms with Crippen LogP contribution in [0.3, 0.4) is 0 Å². The van der Waals surface area contributed by atoms with Gasteiger partial charge in [-0.15, -0.1) is 11.6 Å². The second kappa shape index (κ2) is 5.86. The van der Waals surface area contributed by atoms with E-state index < -0.39 is 30.3 Å². The quantitative estimate of drug-likeness (QED) is 0.794. The molecule has 0 aliphatic rings. The van der Waals surface area contributed by atoms with E-state index in [0.717, 1.165) is 0 Å². The first-order valence-electron chi connectivity index (χ1n) is 4.87. The van der Waals surface area contributed by atoms with Crippen LogP contribution in [0, 0.1) is 0 Å². The molecule has 0 aliphatic carbocycles. The molecule has 3 nitrogen and oxygen atoms in total. The molecule has 0 bridgehead atoms. The van der Waals surface area contributed by atoms with Crippen LogP contribution >= 0.6 is 11.6 Å². The Morgan fingerprint density at radius 1 is 1.17 bits per heavy atom.